The molecule has 16 nitrogen and oxygen atoms in total. The van der Waals surface area contributed by atoms with Crippen LogP contribution in [-0.4, -0.2) is 100 Å². The molecular weight excluding hydrogens is 803 g/mol. The van der Waals surface area contributed by atoms with Crippen molar-refractivity contribution < 1.29 is 41.8 Å². The van der Waals surface area contributed by atoms with E-state index in [0.29, 0.717) is 60.6 Å². The fourth-order valence-corrected chi connectivity index (χ4v) is 10.4. The SMILES string of the molecule is COc1ccccc1-c1cc(O[C@@H]2C[C@H]3C(=O)N[C@]4(C(=O)NS(=O)(=O)C5CC5)C[C@H]4/C=C\CCCCC[C@H](NC(=O)OC4CCCC4)C(=O)N3C2)n2nc3ccccc3c2n1. The van der Waals surface area contributed by atoms with Gasteiger partial charge in [-0.15, -0.1) is 0 Å². The second-order valence-electron chi connectivity index (χ2n) is 16.9. The monoisotopic (exact) mass is 853 g/mol. The predicted molar refractivity (Wildman–Crippen MR) is 224 cm³/mol. The molecule has 4 aromatic rings. The molecule has 2 aromatic carbocycles. The number of amides is 4. The van der Waals surface area contributed by atoms with Crippen molar-refractivity contribution in [2.45, 2.75) is 119 Å². The van der Waals surface area contributed by atoms with Crippen molar-refractivity contribution in [1.82, 2.24) is 34.9 Å². The molecule has 4 amide bonds. The van der Waals surface area contributed by atoms with Crippen LogP contribution in [0.4, 0.5) is 4.79 Å². The lowest BCUT2D eigenvalue weighted by atomic mass is 10.0. The smallest absolute Gasteiger partial charge is 0.408 e. The van der Waals surface area contributed by atoms with Crippen molar-refractivity contribution in [3.05, 3.63) is 66.7 Å². The molecule has 1 saturated heterocycles. The van der Waals surface area contributed by atoms with E-state index in [9.17, 15) is 27.6 Å². The minimum Gasteiger partial charge on any atom is -0.496 e. The molecule has 3 aliphatic carbocycles. The number of hydrogen-bond donors (Lipinski definition) is 3. The Morgan fingerprint density at radius 1 is 0.934 bits per heavy atom. The average molecular weight is 854 g/mol. The molecule has 4 fully saturated rings. The van der Waals surface area contributed by atoms with Crippen LogP contribution < -0.4 is 24.8 Å². The standard InChI is InChI=1S/C44H51N7O9S/c1-58-37-20-12-10-16-31(37)35-24-38(51-39(45-35)32-17-9-11-18-33(32)48-51)59-29-23-36-40(52)47-44(42(54)49-61(56,57)30-21-22-30)25-27(44)13-5-3-2-4-6-19-34(41(53)50(36)26-29)46-43(55)60-28-14-7-8-15-28/h5,9-13,16-18,20,24,27-30,34,36H,2-4,6-8,14-15,19,21-23,25-26H2,1H3,(H,46,55)(H,47,52)(H,49,54)/b13-5-/t27-,29-,34+,36+,44-/m1/s1. The van der Waals surface area contributed by atoms with Crippen LogP contribution in [-0.2, 0) is 29.1 Å². The zero-order valence-electron chi connectivity index (χ0n) is 34.1. The van der Waals surface area contributed by atoms with Crippen molar-refractivity contribution >= 4 is 50.4 Å². The lowest BCUT2D eigenvalue weighted by molar-refractivity contribution is -0.141. The number of carbonyl (C=O) groups is 4. The molecule has 61 heavy (non-hydrogen) atoms. The molecule has 4 heterocycles. The summed E-state index contributed by atoms with van der Waals surface area (Å²) in [5, 5.41) is 10.7. The minimum absolute atomic E-state index is 0.0178. The van der Waals surface area contributed by atoms with Gasteiger partial charge in [0.25, 0.3) is 5.91 Å². The lowest BCUT2D eigenvalue weighted by Gasteiger charge is -2.30. The molecule has 3 saturated carbocycles. The van der Waals surface area contributed by atoms with Crippen molar-refractivity contribution in [1.29, 1.82) is 0 Å². The summed E-state index contributed by atoms with van der Waals surface area (Å²) in [7, 11) is -2.33. The topological polar surface area (TPSA) is 200 Å². The number of carbonyl (C=O) groups excluding carboxylic acids is 4. The molecule has 5 atom stereocenters. The van der Waals surface area contributed by atoms with E-state index in [2.05, 4.69) is 15.4 Å². The number of sulfonamides is 1. The first-order chi connectivity index (χ1) is 29.5. The Balaban J connectivity index is 1.06. The van der Waals surface area contributed by atoms with E-state index in [-0.39, 0.29) is 25.5 Å². The average Bonchev–Trinajstić information content (AvgIpc) is 4.06. The third-order valence-electron chi connectivity index (χ3n) is 12.6. The Hall–Kier alpha value is -5.71. The molecule has 2 aromatic heterocycles. The van der Waals surface area contributed by atoms with Gasteiger partial charge in [-0.25, -0.2) is 18.2 Å². The number of nitrogens with zero attached hydrogens (tertiary/aromatic N) is 4. The van der Waals surface area contributed by atoms with Crippen LogP contribution in [0.3, 0.4) is 0 Å². The summed E-state index contributed by atoms with van der Waals surface area (Å²) in [4.78, 5) is 63.0. The maximum atomic E-state index is 14.8. The van der Waals surface area contributed by atoms with Gasteiger partial charge in [-0.05, 0) is 88.5 Å². The molecule has 0 spiro atoms. The van der Waals surface area contributed by atoms with Gasteiger partial charge in [-0.1, -0.05) is 49.3 Å². The molecule has 2 aliphatic heterocycles. The molecule has 0 bridgehead atoms. The summed E-state index contributed by atoms with van der Waals surface area (Å²) in [6.07, 6.45) is 9.97. The molecule has 17 heteroatoms. The second kappa shape index (κ2) is 16.6. The van der Waals surface area contributed by atoms with Crippen molar-refractivity contribution in [2.75, 3.05) is 13.7 Å². The summed E-state index contributed by atoms with van der Waals surface area (Å²) < 4.78 is 48.0. The normalized spacial score (nSPS) is 26.7. The zero-order valence-corrected chi connectivity index (χ0v) is 34.9. The molecule has 5 aliphatic rings. The fourth-order valence-electron chi connectivity index (χ4n) is 9.03. The highest BCUT2D eigenvalue weighted by atomic mass is 32.2. The molecule has 322 valence electrons. The highest BCUT2D eigenvalue weighted by Gasteiger charge is 2.62. The fraction of sp³-hybridized carbons (Fsp3) is 0.500. The van der Waals surface area contributed by atoms with Gasteiger partial charge >= 0.3 is 6.09 Å². The highest BCUT2D eigenvalue weighted by Crippen LogP contribution is 2.46. The first kappa shape index (κ1) is 40.7. The third-order valence-corrected chi connectivity index (χ3v) is 14.4. The quantitative estimate of drug-likeness (QED) is 0.193. The van der Waals surface area contributed by atoms with Crippen LogP contribution in [0, 0.1) is 5.92 Å². The van der Waals surface area contributed by atoms with Crippen molar-refractivity contribution in [3.63, 3.8) is 0 Å². The maximum Gasteiger partial charge on any atom is 0.408 e. The number of allylic oxidation sites excluding steroid dienone is 1. The number of benzene rings is 2. The summed E-state index contributed by atoms with van der Waals surface area (Å²) in [6, 6.07) is 14.7. The maximum absolute atomic E-state index is 14.8. The first-order valence-electron chi connectivity index (χ1n) is 21.4. The van der Waals surface area contributed by atoms with Crippen LogP contribution in [0.25, 0.3) is 27.8 Å². The van der Waals surface area contributed by atoms with Gasteiger partial charge in [0.15, 0.2) is 5.65 Å². The number of ether oxygens (including phenoxy) is 3. The number of aromatic nitrogens is 3. The molecular formula is C44H51N7O9S. The number of hydrogen-bond acceptors (Lipinski definition) is 11. The van der Waals surface area contributed by atoms with Gasteiger partial charge in [0, 0.05) is 29.4 Å². The zero-order chi connectivity index (χ0) is 42.3. The number of rotatable bonds is 9. The summed E-state index contributed by atoms with van der Waals surface area (Å²) in [6.45, 7) is -0.0417. The Morgan fingerprint density at radius 3 is 2.51 bits per heavy atom. The molecule has 0 radical (unpaired) electrons. The van der Waals surface area contributed by atoms with E-state index < -0.39 is 68.7 Å². The van der Waals surface area contributed by atoms with Crippen LogP contribution in [0.1, 0.15) is 83.5 Å². The van der Waals surface area contributed by atoms with Crippen molar-refractivity contribution in [2.24, 2.45) is 5.92 Å². The van der Waals surface area contributed by atoms with Gasteiger partial charge < -0.3 is 29.7 Å². The van der Waals surface area contributed by atoms with E-state index in [4.69, 9.17) is 24.3 Å². The van der Waals surface area contributed by atoms with Crippen LogP contribution >= 0.6 is 0 Å². The Kier molecular flexibility index (Phi) is 11.1. The number of methoxy groups -OCH3 is 1. The number of para-hydroxylation sites is 1. The van der Waals surface area contributed by atoms with Crippen LogP contribution in [0.15, 0.2) is 66.7 Å². The van der Waals surface area contributed by atoms with Crippen LogP contribution in [0.5, 0.6) is 11.6 Å². The van der Waals surface area contributed by atoms with Crippen molar-refractivity contribution in [3.8, 4) is 22.9 Å². The predicted octanol–water partition coefficient (Wildman–Crippen LogP) is 4.95. The highest BCUT2D eigenvalue weighted by molar-refractivity contribution is 7.91. The summed E-state index contributed by atoms with van der Waals surface area (Å²) in [5.74, 6) is -1.44. The van der Waals surface area contributed by atoms with Gasteiger partial charge in [0.1, 0.15) is 35.6 Å². The summed E-state index contributed by atoms with van der Waals surface area (Å²) >= 11 is 0. The largest absolute Gasteiger partial charge is 0.496 e. The van der Waals surface area contributed by atoms with E-state index in [0.717, 1.165) is 49.5 Å². The summed E-state index contributed by atoms with van der Waals surface area (Å²) in [5.41, 5.74) is 0.962. The minimum atomic E-state index is -3.92. The van der Waals surface area contributed by atoms with E-state index in [1.54, 1.807) is 17.7 Å². The number of nitrogens with one attached hydrogen (secondary N) is 3. The van der Waals surface area contributed by atoms with E-state index >= 15 is 0 Å². The Bertz CT molecular complexity index is 2500. The van der Waals surface area contributed by atoms with Gasteiger partial charge in [0.05, 0.1) is 30.1 Å². The van der Waals surface area contributed by atoms with Gasteiger partial charge in [-0.3, -0.25) is 19.1 Å². The molecule has 0 unspecified atom stereocenters. The molecule has 3 N–H and O–H groups in total. The first-order valence-corrected chi connectivity index (χ1v) is 23.0. The van der Waals surface area contributed by atoms with E-state index in [1.165, 1.54) is 4.90 Å². The number of fused-ring (bicyclic) bond motifs is 5. The van der Waals surface area contributed by atoms with E-state index in [1.807, 2.05) is 60.7 Å². The van der Waals surface area contributed by atoms with Crippen LogP contribution in [0.2, 0.25) is 0 Å². The number of alkyl carbamates (subject to hydrolysis) is 1. The second-order valence-corrected chi connectivity index (χ2v) is 18.9. The van der Waals surface area contributed by atoms with Gasteiger partial charge in [-0.2, -0.15) is 9.61 Å². The lowest BCUT2D eigenvalue weighted by Crippen LogP contribution is -2.58. The third kappa shape index (κ3) is 8.36. The molecule has 9 rings (SSSR count). The Morgan fingerprint density at radius 2 is 1.70 bits per heavy atom. The van der Waals surface area contributed by atoms with Gasteiger partial charge in [0.2, 0.25) is 27.7 Å². The Labute approximate surface area is 353 Å².